The first-order valence-corrected chi connectivity index (χ1v) is 8.00. The normalized spacial score (nSPS) is 19.3. The van der Waals surface area contributed by atoms with Gasteiger partial charge in [0, 0.05) is 23.0 Å². The van der Waals surface area contributed by atoms with Gasteiger partial charge < -0.3 is 5.32 Å². The summed E-state index contributed by atoms with van der Waals surface area (Å²) in [4.78, 5) is 9.00. The van der Waals surface area contributed by atoms with Gasteiger partial charge in [-0.05, 0) is 39.7 Å². The molecule has 3 nitrogen and oxygen atoms in total. The maximum absolute atomic E-state index is 4.67. The Balaban J connectivity index is 2.11. The smallest absolute Gasteiger partial charge is 0.155 e. The fourth-order valence-electron chi connectivity index (χ4n) is 1.95. The third kappa shape index (κ3) is 2.83. The van der Waals surface area contributed by atoms with Crippen LogP contribution in [-0.4, -0.2) is 16.5 Å². The molecule has 0 spiro atoms. The van der Waals surface area contributed by atoms with Crippen LogP contribution >= 0.6 is 31.9 Å². The number of alkyl halides is 1. The van der Waals surface area contributed by atoms with Crippen molar-refractivity contribution in [3.05, 3.63) is 56.8 Å². The molecule has 1 aromatic heterocycles. The number of pyridine rings is 1. The highest BCUT2D eigenvalue weighted by Crippen LogP contribution is 2.08. The number of hydrogen-bond acceptors (Lipinski definition) is 3. The first kappa shape index (κ1) is 13.5. The van der Waals surface area contributed by atoms with Crippen LogP contribution in [0.25, 0.3) is 18.0 Å². The van der Waals surface area contributed by atoms with Crippen molar-refractivity contribution in [2.75, 3.05) is 5.33 Å². The van der Waals surface area contributed by atoms with E-state index in [4.69, 9.17) is 0 Å². The van der Waals surface area contributed by atoms with E-state index in [1.165, 1.54) is 5.57 Å². The Hall–Kier alpha value is -1.46. The van der Waals surface area contributed by atoms with Crippen molar-refractivity contribution >= 4 is 56.0 Å². The van der Waals surface area contributed by atoms with Crippen molar-refractivity contribution in [2.45, 2.75) is 0 Å². The Kier molecular flexibility index (Phi) is 3.98. The Morgan fingerprint density at radius 3 is 2.90 bits per heavy atom. The molecule has 0 atom stereocenters. The summed E-state index contributed by atoms with van der Waals surface area (Å²) in [6.07, 6.45) is 11.9. The van der Waals surface area contributed by atoms with Gasteiger partial charge in [-0.15, -0.1) is 0 Å². The first-order valence-electron chi connectivity index (χ1n) is 6.09. The molecule has 0 radical (unpaired) electrons. The average molecular weight is 393 g/mol. The molecule has 20 heavy (non-hydrogen) atoms. The molecule has 0 fully saturated rings. The van der Waals surface area contributed by atoms with Crippen molar-refractivity contribution in [3.63, 3.8) is 0 Å². The predicted molar refractivity (Wildman–Crippen MR) is 90.9 cm³/mol. The lowest BCUT2D eigenvalue weighted by Crippen LogP contribution is -2.24. The van der Waals surface area contributed by atoms with Gasteiger partial charge >= 0.3 is 0 Å². The maximum atomic E-state index is 4.67. The minimum Gasteiger partial charge on any atom is -0.344 e. The highest BCUT2D eigenvalue weighted by molar-refractivity contribution is 9.12. The second-order valence-electron chi connectivity index (χ2n) is 4.33. The standard InChI is InChI=1S/C15H11Br2N3/c16-7-10-2-1-3-13-11(6-10)4-5-14(20-13)15-18-8-12(17)9-19-15/h1-6,8-9,18H,7H2. The summed E-state index contributed by atoms with van der Waals surface area (Å²) in [7, 11) is 0. The molecule has 1 aliphatic carbocycles. The summed E-state index contributed by atoms with van der Waals surface area (Å²) in [6.45, 7) is 0. The van der Waals surface area contributed by atoms with Gasteiger partial charge in [-0.25, -0.2) is 9.98 Å². The van der Waals surface area contributed by atoms with E-state index >= 15 is 0 Å². The highest BCUT2D eigenvalue weighted by Gasteiger charge is 2.03. The molecule has 0 amide bonds. The molecular formula is C15H11Br2N3. The molecule has 2 aliphatic rings. The topological polar surface area (TPSA) is 37.3 Å². The van der Waals surface area contributed by atoms with Crippen LogP contribution in [0, 0.1) is 0 Å². The van der Waals surface area contributed by atoms with Gasteiger partial charge in [0.2, 0.25) is 0 Å². The van der Waals surface area contributed by atoms with E-state index in [-0.39, 0.29) is 0 Å². The van der Waals surface area contributed by atoms with Crippen LogP contribution < -0.4 is 15.9 Å². The zero-order valence-corrected chi connectivity index (χ0v) is 13.6. The number of allylic oxidation sites excluding steroid dienone is 4. The van der Waals surface area contributed by atoms with Crippen LogP contribution in [0.4, 0.5) is 0 Å². The Labute approximate surface area is 133 Å². The number of aliphatic imine (C=N–C) groups is 1. The van der Waals surface area contributed by atoms with E-state index in [9.17, 15) is 0 Å². The SMILES string of the molecule is BrCC1=CC=Cc2nc(=C3N=CC(Br)=CN3)ccc2=C1. The van der Waals surface area contributed by atoms with Gasteiger partial charge in [-0.3, -0.25) is 0 Å². The molecule has 0 bridgehead atoms. The quantitative estimate of drug-likeness (QED) is 0.744. The van der Waals surface area contributed by atoms with Gasteiger partial charge in [0.05, 0.1) is 10.2 Å². The summed E-state index contributed by atoms with van der Waals surface area (Å²) in [5.74, 6) is 0.752. The molecule has 2 heterocycles. The van der Waals surface area contributed by atoms with E-state index in [0.717, 1.165) is 31.9 Å². The van der Waals surface area contributed by atoms with Crippen molar-refractivity contribution in [3.8, 4) is 0 Å². The van der Waals surface area contributed by atoms with E-state index in [2.05, 4.69) is 65.4 Å². The molecule has 0 saturated heterocycles. The maximum Gasteiger partial charge on any atom is 0.155 e. The lowest BCUT2D eigenvalue weighted by atomic mass is 10.2. The van der Waals surface area contributed by atoms with E-state index < -0.39 is 0 Å². The second-order valence-corrected chi connectivity index (χ2v) is 5.81. The van der Waals surface area contributed by atoms with E-state index in [1.807, 2.05) is 24.4 Å². The second kappa shape index (κ2) is 5.89. The molecule has 100 valence electrons. The molecule has 0 aromatic carbocycles. The summed E-state index contributed by atoms with van der Waals surface area (Å²) in [5.41, 5.74) is 2.18. The zero-order valence-electron chi connectivity index (χ0n) is 10.5. The number of rotatable bonds is 1. The van der Waals surface area contributed by atoms with Crippen molar-refractivity contribution < 1.29 is 0 Å². The lowest BCUT2D eigenvalue weighted by Gasteiger charge is -2.06. The van der Waals surface area contributed by atoms with Crippen LogP contribution in [0.2, 0.25) is 0 Å². The molecule has 5 heteroatoms. The Bertz CT molecular complexity index is 786. The number of halogens is 2. The van der Waals surface area contributed by atoms with E-state index in [1.54, 1.807) is 6.21 Å². The van der Waals surface area contributed by atoms with Gasteiger partial charge in [0.1, 0.15) is 5.35 Å². The Morgan fingerprint density at radius 2 is 2.15 bits per heavy atom. The van der Waals surface area contributed by atoms with Gasteiger partial charge in [-0.2, -0.15) is 0 Å². The van der Waals surface area contributed by atoms with Crippen LogP contribution in [0.15, 0.2) is 45.5 Å². The summed E-state index contributed by atoms with van der Waals surface area (Å²) >= 11 is 6.84. The molecular weight excluding hydrogens is 382 g/mol. The van der Waals surface area contributed by atoms with Gasteiger partial charge in [-0.1, -0.05) is 34.1 Å². The van der Waals surface area contributed by atoms with Crippen LogP contribution in [0.1, 0.15) is 5.69 Å². The zero-order chi connectivity index (χ0) is 13.9. The predicted octanol–water partition coefficient (Wildman–Crippen LogP) is 2.19. The van der Waals surface area contributed by atoms with Crippen molar-refractivity contribution in [2.24, 2.45) is 4.99 Å². The number of aromatic nitrogens is 1. The molecule has 3 rings (SSSR count). The van der Waals surface area contributed by atoms with Crippen LogP contribution in [-0.2, 0) is 0 Å². The molecule has 0 saturated carbocycles. The van der Waals surface area contributed by atoms with Gasteiger partial charge in [0.25, 0.3) is 0 Å². The Morgan fingerprint density at radius 1 is 1.25 bits per heavy atom. The fourth-order valence-corrected chi connectivity index (χ4v) is 2.51. The number of nitrogens with one attached hydrogen (secondary N) is 1. The average Bonchev–Trinajstić information content (AvgIpc) is 2.69. The molecule has 1 aliphatic heterocycles. The molecule has 1 aromatic rings. The van der Waals surface area contributed by atoms with Crippen molar-refractivity contribution in [1.82, 2.24) is 10.3 Å². The van der Waals surface area contributed by atoms with Crippen LogP contribution in [0.5, 0.6) is 0 Å². The summed E-state index contributed by atoms with van der Waals surface area (Å²) < 4.78 is 0.912. The third-order valence-corrected chi connectivity index (χ3v) is 4.00. The summed E-state index contributed by atoms with van der Waals surface area (Å²) in [6, 6.07) is 4.05. The highest BCUT2D eigenvalue weighted by atomic mass is 79.9. The minimum absolute atomic E-state index is 0.752. The molecule has 1 N–H and O–H groups in total. The largest absolute Gasteiger partial charge is 0.344 e. The third-order valence-electron chi connectivity index (χ3n) is 2.92. The van der Waals surface area contributed by atoms with Gasteiger partial charge in [0.15, 0.2) is 5.82 Å². The fraction of sp³-hybridized carbons (Fsp3) is 0.0667. The minimum atomic E-state index is 0.752. The number of hydrogen-bond donors (Lipinski definition) is 1. The lowest BCUT2D eigenvalue weighted by molar-refractivity contribution is 1.09. The summed E-state index contributed by atoms with van der Waals surface area (Å²) in [5, 5.41) is 5.90. The monoisotopic (exact) mass is 391 g/mol. The number of fused-ring (bicyclic) bond motifs is 1. The van der Waals surface area contributed by atoms with Crippen LogP contribution in [0.3, 0.4) is 0 Å². The first-order chi connectivity index (χ1) is 9.76. The van der Waals surface area contributed by atoms with E-state index in [0.29, 0.717) is 0 Å². The number of nitrogens with zero attached hydrogens (tertiary/aromatic N) is 2. The van der Waals surface area contributed by atoms with Crippen molar-refractivity contribution in [1.29, 1.82) is 0 Å². The molecule has 0 unspecified atom stereocenters.